The molecular formula is C29H30N2O2. The Morgan fingerprint density at radius 1 is 0.848 bits per heavy atom. The standard InChI is InChI=1S/C29H30N2O2/c1-22-26(18-19-28(32)30-20-10-15-23-11-4-2-5-12-23)31-27-17-9-8-16-25(27)29(22)33-21-24-13-6-3-7-14-24/h2-9,11-14,16-17H,10,15,18-21H2,1H3,(H,30,32). The number of pyridine rings is 1. The van der Waals surface area contributed by atoms with Gasteiger partial charge in [-0.2, -0.15) is 0 Å². The van der Waals surface area contributed by atoms with E-state index in [-0.39, 0.29) is 5.91 Å². The lowest BCUT2D eigenvalue weighted by molar-refractivity contribution is -0.121. The Morgan fingerprint density at radius 2 is 1.52 bits per heavy atom. The van der Waals surface area contributed by atoms with Crippen LogP contribution < -0.4 is 10.1 Å². The van der Waals surface area contributed by atoms with E-state index in [1.807, 2.05) is 67.6 Å². The number of nitrogens with zero attached hydrogens (tertiary/aromatic N) is 1. The first-order chi connectivity index (χ1) is 16.2. The minimum atomic E-state index is 0.0594. The number of para-hydroxylation sites is 1. The molecule has 0 aliphatic heterocycles. The summed E-state index contributed by atoms with van der Waals surface area (Å²) >= 11 is 0. The van der Waals surface area contributed by atoms with Gasteiger partial charge >= 0.3 is 0 Å². The largest absolute Gasteiger partial charge is 0.488 e. The van der Waals surface area contributed by atoms with Crippen molar-refractivity contribution in [2.75, 3.05) is 6.54 Å². The Labute approximate surface area is 195 Å². The van der Waals surface area contributed by atoms with Crippen LogP contribution in [-0.4, -0.2) is 17.4 Å². The lowest BCUT2D eigenvalue weighted by Crippen LogP contribution is -2.25. The molecule has 0 aliphatic carbocycles. The fraction of sp³-hybridized carbons (Fsp3) is 0.241. The summed E-state index contributed by atoms with van der Waals surface area (Å²) in [6, 6.07) is 28.5. The third-order valence-corrected chi connectivity index (χ3v) is 5.80. The van der Waals surface area contributed by atoms with Crippen molar-refractivity contribution in [1.82, 2.24) is 10.3 Å². The Hall–Kier alpha value is -3.66. The molecule has 3 aromatic carbocycles. The zero-order chi connectivity index (χ0) is 22.9. The minimum Gasteiger partial charge on any atom is -0.488 e. The molecule has 0 atom stereocenters. The fourth-order valence-corrected chi connectivity index (χ4v) is 3.97. The zero-order valence-electron chi connectivity index (χ0n) is 19.1. The van der Waals surface area contributed by atoms with Gasteiger partial charge in [0.1, 0.15) is 12.4 Å². The number of aryl methyl sites for hydroxylation is 2. The number of nitrogens with one attached hydrogen (secondary N) is 1. The molecule has 1 aromatic heterocycles. The van der Waals surface area contributed by atoms with Gasteiger partial charge in [0.25, 0.3) is 0 Å². The van der Waals surface area contributed by atoms with Crippen LogP contribution in [0.1, 0.15) is 35.2 Å². The second-order valence-corrected chi connectivity index (χ2v) is 8.24. The smallest absolute Gasteiger partial charge is 0.220 e. The SMILES string of the molecule is Cc1c(CCC(=O)NCCCc2ccccc2)nc2ccccc2c1OCc1ccccc1. The highest BCUT2D eigenvalue weighted by atomic mass is 16.5. The number of hydrogen-bond donors (Lipinski definition) is 1. The van der Waals surface area contributed by atoms with Gasteiger partial charge in [0.2, 0.25) is 5.91 Å². The first kappa shape index (κ1) is 22.5. The molecule has 0 radical (unpaired) electrons. The Bertz CT molecular complexity index is 1190. The van der Waals surface area contributed by atoms with E-state index in [9.17, 15) is 4.79 Å². The molecule has 0 unspecified atom stereocenters. The second-order valence-electron chi connectivity index (χ2n) is 8.24. The monoisotopic (exact) mass is 438 g/mol. The van der Waals surface area contributed by atoms with Crippen LogP contribution in [0.5, 0.6) is 5.75 Å². The van der Waals surface area contributed by atoms with Crippen LogP contribution in [0.2, 0.25) is 0 Å². The van der Waals surface area contributed by atoms with Gasteiger partial charge in [-0.15, -0.1) is 0 Å². The van der Waals surface area contributed by atoms with Gasteiger partial charge in [0.05, 0.1) is 5.52 Å². The quantitative estimate of drug-likeness (QED) is 0.318. The van der Waals surface area contributed by atoms with Gasteiger partial charge in [-0.05, 0) is 49.4 Å². The van der Waals surface area contributed by atoms with Crippen LogP contribution in [0.3, 0.4) is 0 Å². The molecule has 1 amide bonds. The fourth-order valence-electron chi connectivity index (χ4n) is 3.97. The van der Waals surface area contributed by atoms with Crippen molar-refractivity contribution in [2.24, 2.45) is 0 Å². The van der Waals surface area contributed by atoms with Crippen LogP contribution in [0.15, 0.2) is 84.9 Å². The average Bonchev–Trinajstić information content (AvgIpc) is 2.86. The summed E-state index contributed by atoms with van der Waals surface area (Å²) in [5, 5.41) is 4.04. The minimum absolute atomic E-state index is 0.0594. The number of hydrogen-bond acceptors (Lipinski definition) is 3. The van der Waals surface area contributed by atoms with Crippen LogP contribution in [0.25, 0.3) is 10.9 Å². The van der Waals surface area contributed by atoms with Gasteiger partial charge < -0.3 is 10.1 Å². The predicted molar refractivity (Wildman–Crippen MR) is 133 cm³/mol. The molecule has 0 spiro atoms. The van der Waals surface area contributed by atoms with Gasteiger partial charge in [-0.25, -0.2) is 0 Å². The van der Waals surface area contributed by atoms with E-state index in [0.29, 0.717) is 26.0 Å². The number of aromatic nitrogens is 1. The van der Waals surface area contributed by atoms with Gasteiger partial charge in [-0.3, -0.25) is 9.78 Å². The first-order valence-corrected chi connectivity index (χ1v) is 11.6. The van der Waals surface area contributed by atoms with E-state index < -0.39 is 0 Å². The number of benzene rings is 3. The lowest BCUT2D eigenvalue weighted by Gasteiger charge is -2.16. The van der Waals surface area contributed by atoms with E-state index in [0.717, 1.165) is 46.3 Å². The third kappa shape index (κ3) is 6.19. The third-order valence-electron chi connectivity index (χ3n) is 5.80. The zero-order valence-corrected chi connectivity index (χ0v) is 19.1. The van der Waals surface area contributed by atoms with Crippen molar-refractivity contribution >= 4 is 16.8 Å². The molecule has 1 heterocycles. The molecule has 168 valence electrons. The van der Waals surface area contributed by atoms with E-state index in [4.69, 9.17) is 9.72 Å². The van der Waals surface area contributed by atoms with Gasteiger partial charge in [0.15, 0.2) is 0 Å². The molecule has 33 heavy (non-hydrogen) atoms. The number of amides is 1. The molecule has 0 aliphatic rings. The predicted octanol–water partition coefficient (Wildman–Crippen LogP) is 5.80. The maximum Gasteiger partial charge on any atom is 0.220 e. The first-order valence-electron chi connectivity index (χ1n) is 11.6. The summed E-state index contributed by atoms with van der Waals surface area (Å²) in [6.45, 7) is 3.22. The van der Waals surface area contributed by atoms with Crippen LogP contribution in [-0.2, 0) is 24.2 Å². The summed E-state index contributed by atoms with van der Waals surface area (Å²) in [7, 11) is 0. The maximum atomic E-state index is 12.4. The van der Waals surface area contributed by atoms with Gasteiger partial charge in [0, 0.05) is 29.6 Å². The molecular weight excluding hydrogens is 408 g/mol. The maximum absolute atomic E-state index is 12.4. The average molecular weight is 439 g/mol. The Morgan fingerprint density at radius 3 is 2.27 bits per heavy atom. The van der Waals surface area contributed by atoms with Crippen molar-refractivity contribution in [1.29, 1.82) is 0 Å². The summed E-state index contributed by atoms with van der Waals surface area (Å²) in [6.07, 6.45) is 2.90. The summed E-state index contributed by atoms with van der Waals surface area (Å²) in [5.41, 5.74) is 5.22. The molecule has 4 rings (SSSR count). The molecule has 0 fully saturated rings. The van der Waals surface area contributed by atoms with Crippen molar-refractivity contribution < 1.29 is 9.53 Å². The van der Waals surface area contributed by atoms with Crippen molar-refractivity contribution in [3.8, 4) is 5.75 Å². The van der Waals surface area contributed by atoms with Crippen molar-refractivity contribution in [3.05, 3.63) is 107 Å². The topological polar surface area (TPSA) is 51.2 Å². The van der Waals surface area contributed by atoms with Crippen LogP contribution in [0.4, 0.5) is 0 Å². The van der Waals surface area contributed by atoms with E-state index in [1.165, 1.54) is 5.56 Å². The Kier molecular flexibility index (Phi) is 7.70. The summed E-state index contributed by atoms with van der Waals surface area (Å²) in [5.74, 6) is 0.909. The molecule has 4 aromatic rings. The number of fused-ring (bicyclic) bond motifs is 1. The lowest BCUT2D eigenvalue weighted by atomic mass is 10.0. The van der Waals surface area contributed by atoms with E-state index in [2.05, 4.69) is 29.6 Å². The van der Waals surface area contributed by atoms with Crippen molar-refractivity contribution in [2.45, 2.75) is 39.2 Å². The van der Waals surface area contributed by atoms with Crippen LogP contribution >= 0.6 is 0 Å². The highest BCUT2D eigenvalue weighted by molar-refractivity contribution is 5.87. The van der Waals surface area contributed by atoms with E-state index in [1.54, 1.807) is 0 Å². The second kappa shape index (κ2) is 11.3. The van der Waals surface area contributed by atoms with Crippen molar-refractivity contribution in [3.63, 3.8) is 0 Å². The number of rotatable bonds is 10. The molecule has 4 nitrogen and oxygen atoms in total. The number of carbonyl (C=O) groups excluding carboxylic acids is 1. The summed E-state index contributed by atoms with van der Waals surface area (Å²) in [4.78, 5) is 17.3. The number of ether oxygens (including phenoxy) is 1. The molecule has 0 saturated carbocycles. The van der Waals surface area contributed by atoms with Gasteiger partial charge in [-0.1, -0.05) is 72.8 Å². The highest BCUT2D eigenvalue weighted by Gasteiger charge is 2.14. The molecule has 1 N–H and O–H groups in total. The normalized spacial score (nSPS) is 10.8. The van der Waals surface area contributed by atoms with E-state index >= 15 is 0 Å². The highest BCUT2D eigenvalue weighted by Crippen LogP contribution is 2.31. The van der Waals surface area contributed by atoms with Crippen LogP contribution in [0, 0.1) is 6.92 Å². The Balaban J connectivity index is 1.37. The molecule has 0 bridgehead atoms. The number of carbonyl (C=O) groups is 1. The molecule has 4 heteroatoms. The summed E-state index contributed by atoms with van der Waals surface area (Å²) < 4.78 is 6.26. The molecule has 0 saturated heterocycles.